The van der Waals surface area contributed by atoms with E-state index >= 15 is 0 Å². The van der Waals surface area contributed by atoms with Gasteiger partial charge in [0.1, 0.15) is 11.5 Å². The van der Waals surface area contributed by atoms with Crippen LogP contribution in [0.25, 0.3) is 11.3 Å². The molecule has 2 N–H and O–H groups in total. The van der Waals surface area contributed by atoms with Gasteiger partial charge in [-0.2, -0.15) is 0 Å². The van der Waals surface area contributed by atoms with Gasteiger partial charge in [-0.15, -0.1) is 13.2 Å². The van der Waals surface area contributed by atoms with Gasteiger partial charge in [0.15, 0.2) is 11.3 Å². The third-order valence-electron chi connectivity index (χ3n) is 3.99. The fraction of sp³-hybridized carbons (Fsp3) is 0.294. The van der Waals surface area contributed by atoms with Crippen molar-refractivity contribution in [2.45, 2.75) is 18.3 Å². The molecule has 0 saturated carbocycles. The predicted molar refractivity (Wildman–Crippen MR) is 84.1 cm³/mol. The van der Waals surface area contributed by atoms with Gasteiger partial charge in [0.2, 0.25) is 0 Å². The maximum absolute atomic E-state index is 12.5. The summed E-state index contributed by atoms with van der Waals surface area (Å²) < 4.78 is 51.9. The smallest absolute Gasteiger partial charge is 0.479 e. The number of carbonyl (C=O) groups is 2. The number of amides is 1. The highest BCUT2D eigenvalue weighted by Gasteiger charge is 2.44. The Kier molecular flexibility index (Phi) is 4.83. The molecule has 1 aromatic heterocycles. The number of carbonyl (C=O) groups excluding carboxylic acids is 1. The number of furan rings is 1. The van der Waals surface area contributed by atoms with Gasteiger partial charge in [0.25, 0.3) is 5.91 Å². The Labute approximate surface area is 150 Å². The number of carboxylic acids is 1. The largest absolute Gasteiger partial charge is 0.573 e. The van der Waals surface area contributed by atoms with Gasteiger partial charge in [-0.05, 0) is 24.3 Å². The first-order valence-corrected chi connectivity index (χ1v) is 7.79. The Hall–Kier alpha value is -3.01. The maximum Gasteiger partial charge on any atom is 0.573 e. The zero-order valence-electron chi connectivity index (χ0n) is 13.7. The van der Waals surface area contributed by atoms with Crippen LogP contribution >= 0.6 is 0 Å². The Morgan fingerprint density at radius 1 is 1.19 bits per heavy atom. The number of benzene rings is 1. The minimum Gasteiger partial charge on any atom is -0.479 e. The lowest BCUT2D eigenvalue weighted by molar-refractivity contribution is -0.274. The zero-order chi connectivity index (χ0) is 19.7. The molecule has 1 unspecified atom stereocenters. The van der Waals surface area contributed by atoms with Gasteiger partial charge in [-0.3, -0.25) is 4.79 Å². The number of hydrogen-bond acceptors (Lipinski definition) is 5. The van der Waals surface area contributed by atoms with Gasteiger partial charge < -0.3 is 24.3 Å². The van der Waals surface area contributed by atoms with Crippen LogP contribution < -0.4 is 10.1 Å². The number of rotatable bonds is 5. The van der Waals surface area contributed by atoms with Crippen LogP contribution in [0.5, 0.6) is 5.75 Å². The second-order valence-electron chi connectivity index (χ2n) is 5.85. The van der Waals surface area contributed by atoms with Crippen molar-refractivity contribution < 1.29 is 41.8 Å². The Balaban J connectivity index is 1.83. The van der Waals surface area contributed by atoms with E-state index in [4.69, 9.17) is 9.15 Å². The van der Waals surface area contributed by atoms with E-state index in [1.807, 2.05) is 0 Å². The first kappa shape index (κ1) is 18.8. The number of hydrogen-bond donors (Lipinski definition) is 2. The summed E-state index contributed by atoms with van der Waals surface area (Å²) >= 11 is 0. The Morgan fingerprint density at radius 3 is 2.56 bits per heavy atom. The molecule has 1 aliphatic heterocycles. The SMILES string of the molecule is O=C(NC1(C(=O)O)CCOC1)c1ccc(-c2ccccc2OC(F)(F)F)o1. The molecule has 144 valence electrons. The van der Waals surface area contributed by atoms with Gasteiger partial charge in [-0.25, -0.2) is 4.79 Å². The number of ether oxygens (including phenoxy) is 2. The van der Waals surface area contributed by atoms with E-state index in [9.17, 15) is 27.9 Å². The van der Waals surface area contributed by atoms with Crippen LogP contribution in [0.2, 0.25) is 0 Å². The number of halogens is 3. The third kappa shape index (κ3) is 4.05. The normalized spacial score (nSPS) is 19.7. The predicted octanol–water partition coefficient (Wildman–Crippen LogP) is 2.82. The quantitative estimate of drug-likeness (QED) is 0.821. The van der Waals surface area contributed by atoms with Gasteiger partial charge in [-0.1, -0.05) is 12.1 Å². The molecule has 0 spiro atoms. The van der Waals surface area contributed by atoms with Gasteiger partial charge >= 0.3 is 12.3 Å². The molecule has 1 amide bonds. The third-order valence-corrected chi connectivity index (χ3v) is 3.99. The highest BCUT2D eigenvalue weighted by atomic mass is 19.4. The van der Waals surface area contributed by atoms with Crippen molar-refractivity contribution in [2.24, 2.45) is 0 Å². The van der Waals surface area contributed by atoms with Crippen molar-refractivity contribution in [1.82, 2.24) is 5.32 Å². The summed E-state index contributed by atoms with van der Waals surface area (Å²) in [7, 11) is 0. The van der Waals surface area contributed by atoms with Crippen molar-refractivity contribution in [1.29, 1.82) is 0 Å². The topological polar surface area (TPSA) is 98.0 Å². The Bertz CT molecular complexity index is 854. The number of carboxylic acid groups (broad SMARTS) is 1. The number of para-hydroxylation sites is 1. The summed E-state index contributed by atoms with van der Waals surface area (Å²) in [4.78, 5) is 23.8. The van der Waals surface area contributed by atoms with E-state index in [2.05, 4.69) is 10.1 Å². The maximum atomic E-state index is 12.5. The molecule has 10 heteroatoms. The fourth-order valence-corrected chi connectivity index (χ4v) is 2.65. The molecule has 1 saturated heterocycles. The lowest BCUT2D eigenvalue weighted by Gasteiger charge is -2.22. The molecule has 1 aliphatic rings. The summed E-state index contributed by atoms with van der Waals surface area (Å²) in [6.45, 7) is -0.0119. The molecular weight excluding hydrogens is 371 g/mol. The summed E-state index contributed by atoms with van der Waals surface area (Å²) in [5.74, 6) is -2.84. The monoisotopic (exact) mass is 385 g/mol. The summed E-state index contributed by atoms with van der Waals surface area (Å²) in [5.41, 5.74) is -1.58. The van der Waals surface area contributed by atoms with Gasteiger partial charge in [0, 0.05) is 13.0 Å². The van der Waals surface area contributed by atoms with Crippen LogP contribution in [0, 0.1) is 0 Å². The van der Waals surface area contributed by atoms with Crippen molar-refractivity contribution in [2.75, 3.05) is 13.2 Å². The van der Waals surface area contributed by atoms with E-state index in [-0.39, 0.29) is 36.7 Å². The second kappa shape index (κ2) is 6.95. The van der Waals surface area contributed by atoms with Crippen LogP contribution in [0.4, 0.5) is 13.2 Å². The Morgan fingerprint density at radius 2 is 1.93 bits per heavy atom. The summed E-state index contributed by atoms with van der Waals surface area (Å²) in [6.07, 6.45) is -4.80. The van der Waals surface area contributed by atoms with Crippen molar-refractivity contribution >= 4 is 11.9 Å². The average Bonchev–Trinajstić information content (AvgIpc) is 3.24. The van der Waals surface area contributed by atoms with Crippen LogP contribution in [-0.4, -0.2) is 42.1 Å². The molecule has 0 radical (unpaired) electrons. The fourth-order valence-electron chi connectivity index (χ4n) is 2.65. The number of alkyl halides is 3. The van der Waals surface area contributed by atoms with E-state index in [1.165, 1.54) is 30.3 Å². The molecule has 7 nitrogen and oxygen atoms in total. The minimum atomic E-state index is -4.89. The van der Waals surface area contributed by atoms with Crippen molar-refractivity contribution in [3.8, 4) is 17.1 Å². The molecule has 2 heterocycles. The van der Waals surface area contributed by atoms with Crippen LogP contribution in [-0.2, 0) is 9.53 Å². The first-order chi connectivity index (χ1) is 12.7. The van der Waals surface area contributed by atoms with E-state index < -0.39 is 29.5 Å². The zero-order valence-corrected chi connectivity index (χ0v) is 13.7. The van der Waals surface area contributed by atoms with Crippen molar-refractivity contribution in [3.63, 3.8) is 0 Å². The van der Waals surface area contributed by atoms with E-state index in [0.29, 0.717) is 0 Å². The molecular formula is C17H14F3NO6. The minimum absolute atomic E-state index is 0.00831. The van der Waals surface area contributed by atoms with E-state index in [1.54, 1.807) is 0 Å². The molecule has 0 aliphatic carbocycles. The van der Waals surface area contributed by atoms with Crippen LogP contribution in [0.15, 0.2) is 40.8 Å². The molecule has 1 fully saturated rings. The molecule has 2 aromatic rings. The molecule has 3 rings (SSSR count). The molecule has 0 bridgehead atoms. The van der Waals surface area contributed by atoms with Crippen molar-refractivity contribution in [3.05, 3.63) is 42.2 Å². The number of nitrogens with one attached hydrogen (secondary N) is 1. The standard InChI is InChI=1S/C17H14F3NO6/c18-17(19,20)27-12-4-2-1-3-10(12)11-5-6-13(26-11)14(22)21-16(15(23)24)7-8-25-9-16/h1-6H,7-9H2,(H,21,22)(H,23,24). The first-order valence-electron chi connectivity index (χ1n) is 7.79. The molecule has 1 atom stereocenters. The van der Waals surface area contributed by atoms with E-state index in [0.717, 1.165) is 6.07 Å². The molecule has 1 aromatic carbocycles. The van der Waals surface area contributed by atoms with Gasteiger partial charge in [0.05, 0.1) is 12.2 Å². The summed E-state index contributed by atoms with van der Waals surface area (Å²) in [6, 6.07) is 7.83. The second-order valence-corrected chi connectivity index (χ2v) is 5.85. The lowest BCUT2D eigenvalue weighted by atomic mass is 9.99. The summed E-state index contributed by atoms with van der Waals surface area (Å²) in [5, 5.41) is 11.7. The molecule has 27 heavy (non-hydrogen) atoms. The number of aliphatic carboxylic acids is 1. The lowest BCUT2D eigenvalue weighted by Crippen LogP contribution is -2.55. The highest BCUT2D eigenvalue weighted by Crippen LogP contribution is 2.34. The van der Waals surface area contributed by atoms with Crippen LogP contribution in [0.1, 0.15) is 17.0 Å². The van der Waals surface area contributed by atoms with Crippen LogP contribution in [0.3, 0.4) is 0 Å². The highest BCUT2D eigenvalue weighted by molar-refractivity contribution is 5.96. The average molecular weight is 385 g/mol.